The van der Waals surface area contributed by atoms with E-state index >= 15 is 0 Å². The van der Waals surface area contributed by atoms with Crippen molar-refractivity contribution in [1.82, 2.24) is 14.8 Å². The first-order chi connectivity index (χ1) is 14.3. The third kappa shape index (κ3) is 3.60. The number of halogens is 1. The van der Waals surface area contributed by atoms with Crippen molar-refractivity contribution in [3.05, 3.63) is 58.9 Å². The Morgan fingerprint density at radius 1 is 1.27 bits per heavy atom. The molecule has 1 N–H and O–H groups in total. The SMILES string of the molecule is CC(C)CCNC(=O)[C@@]1(C)Cn2c(cc3occc32)C(=O)N1Cc1ccc(Cl)cc1. The van der Waals surface area contributed by atoms with E-state index < -0.39 is 5.54 Å². The number of nitrogens with one attached hydrogen (secondary N) is 1. The Kier molecular flexibility index (Phi) is 5.36. The molecule has 7 heteroatoms. The van der Waals surface area contributed by atoms with Gasteiger partial charge in [0.05, 0.1) is 18.3 Å². The van der Waals surface area contributed by atoms with Crippen LogP contribution in [0.3, 0.4) is 0 Å². The van der Waals surface area contributed by atoms with Gasteiger partial charge in [-0.1, -0.05) is 37.6 Å². The Morgan fingerprint density at radius 3 is 2.70 bits per heavy atom. The van der Waals surface area contributed by atoms with Gasteiger partial charge in [-0.25, -0.2) is 0 Å². The van der Waals surface area contributed by atoms with E-state index in [1.165, 1.54) is 0 Å². The molecule has 3 aromatic rings. The first-order valence-electron chi connectivity index (χ1n) is 10.2. The molecule has 1 aliphatic heterocycles. The first-order valence-corrected chi connectivity index (χ1v) is 10.6. The number of carbonyl (C=O) groups excluding carboxylic acids is 2. The Labute approximate surface area is 180 Å². The lowest BCUT2D eigenvalue weighted by atomic mass is 9.93. The van der Waals surface area contributed by atoms with Crippen molar-refractivity contribution in [2.45, 2.75) is 45.8 Å². The summed E-state index contributed by atoms with van der Waals surface area (Å²) in [5, 5.41) is 3.68. The van der Waals surface area contributed by atoms with Crippen LogP contribution in [0.15, 0.2) is 47.1 Å². The highest BCUT2D eigenvalue weighted by Gasteiger charge is 2.47. The van der Waals surface area contributed by atoms with Crippen LogP contribution < -0.4 is 5.32 Å². The van der Waals surface area contributed by atoms with Crippen LogP contribution in [0.2, 0.25) is 5.02 Å². The number of fused-ring (bicyclic) bond motifs is 3. The molecule has 4 rings (SSSR count). The van der Waals surface area contributed by atoms with E-state index in [1.807, 2.05) is 29.7 Å². The number of hydrogen-bond donors (Lipinski definition) is 1. The molecular weight excluding hydrogens is 402 g/mol. The zero-order valence-electron chi connectivity index (χ0n) is 17.4. The van der Waals surface area contributed by atoms with Crippen molar-refractivity contribution >= 4 is 34.5 Å². The number of aromatic nitrogens is 1. The lowest BCUT2D eigenvalue weighted by Gasteiger charge is -2.44. The molecule has 0 saturated heterocycles. The van der Waals surface area contributed by atoms with Crippen LogP contribution in [-0.4, -0.2) is 33.4 Å². The smallest absolute Gasteiger partial charge is 0.271 e. The van der Waals surface area contributed by atoms with Gasteiger partial charge in [0.1, 0.15) is 11.2 Å². The highest BCUT2D eigenvalue weighted by Crippen LogP contribution is 2.34. The standard InChI is InChI=1S/C23H26ClN3O3/c1-15(2)8-10-25-22(29)23(3)14-26-18-9-11-30-20(18)12-19(26)21(28)27(23)13-16-4-6-17(24)7-5-16/h4-7,9,11-12,15H,8,10,13-14H2,1-3H3,(H,25,29)/t23-/m1/s1. The molecular formula is C23H26ClN3O3. The number of hydrogen-bond acceptors (Lipinski definition) is 3. The molecule has 1 aliphatic rings. The van der Waals surface area contributed by atoms with Crippen molar-refractivity contribution < 1.29 is 14.0 Å². The van der Waals surface area contributed by atoms with Crippen LogP contribution in [0, 0.1) is 5.92 Å². The van der Waals surface area contributed by atoms with Gasteiger partial charge in [0.2, 0.25) is 5.91 Å². The fourth-order valence-corrected chi connectivity index (χ4v) is 4.08. The van der Waals surface area contributed by atoms with Gasteiger partial charge in [0.15, 0.2) is 5.58 Å². The Balaban J connectivity index is 1.71. The topological polar surface area (TPSA) is 67.5 Å². The zero-order chi connectivity index (χ0) is 21.5. The van der Waals surface area contributed by atoms with E-state index in [0.717, 1.165) is 17.5 Å². The highest BCUT2D eigenvalue weighted by atomic mass is 35.5. The minimum atomic E-state index is -1.04. The lowest BCUT2D eigenvalue weighted by Crippen LogP contribution is -2.63. The lowest BCUT2D eigenvalue weighted by molar-refractivity contribution is -0.133. The first kappa shape index (κ1) is 20.5. The second-order valence-corrected chi connectivity index (χ2v) is 8.95. The molecule has 0 fully saturated rings. The maximum absolute atomic E-state index is 13.5. The summed E-state index contributed by atoms with van der Waals surface area (Å²) in [6, 6.07) is 10.9. The molecule has 0 saturated carbocycles. The molecule has 3 heterocycles. The number of furan rings is 1. The summed E-state index contributed by atoms with van der Waals surface area (Å²) in [6.45, 7) is 7.32. The minimum Gasteiger partial charge on any atom is -0.463 e. The highest BCUT2D eigenvalue weighted by molar-refractivity contribution is 6.30. The van der Waals surface area contributed by atoms with E-state index in [2.05, 4.69) is 19.2 Å². The van der Waals surface area contributed by atoms with Crippen LogP contribution in [-0.2, 0) is 17.9 Å². The molecule has 0 aliphatic carbocycles. The number of rotatable bonds is 6. The Hall–Kier alpha value is -2.73. The van der Waals surface area contributed by atoms with Crippen LogP contribution >= 0.6 is 11.6 Å². The van der Waals surface area contributed by atoms with Crippen LogP contribution in [0.25, 0.3) is 11.1 Å². The van der Waals surface area contributed by atoms with Crippen LogP contribution in [0.4, 0.5) is 0 Å². The average molecular weight is 428 g/mol. The molecule has 1 atom stereocenters. The normalized spacial score (nSPS) is 18.8. The summed E-state index contributed by atoms with van der Waals surface area (Å²) in [4.78, 5) is 28.5. The van der Waals surface area contributed by atoms with E-state index in [0.29, 0.717) is 41.9 Å². The molecule has 1 aromatic carbocycles. The summed E-state index contributed by atoms with van der Waals surface area (Å²) in [7, 11) is 0. The fourth-order valence-electron chi connectivity index (χ4n) is 3.96. The van der Waals surface area contributed by atoms with Crippen LogP contribution in [0.5, 0.6) is 0 Å². The predicted molar refractivity (Wildman–Crippen MR) is 116 cm³/mol. The summed E-state index contributed by atoms with van der Waals surface area (Å²) >= 11 is 6.01. The summed E-state index contributed by atoms with van der Waals surface area (Å²) in [5.74, 6) is 0.142. The van der Waals surface area contributed by atoms with Crippen molar-refractivity contribution in [2.24, 2.45) is 5.92 Å². The third-order valence-corrected chi connectivity index (χ3v) is 6.05. The largest absolute Gasteiger partial charge is 0.463 e. The molecule has 2 aromatic heterocycles. The summed E-state index contributed by atoms with van der Waals surface area (Å²) < 4.78 is 7.39. The number of benzene rings is 1. The van der Waals surface area contributed by atoms with Gasteiger partial charge >= 0.3 is 0 Å². The van der Waals surface area contributed by atoms with Crippen LogP contribution in [0.1, 0.15) is 43.2 Å². The number of nitrogens with zero attached hydrogens (tertiary/aromatic N) is 2. The molecule has 0 radical (unpaired) electrons. The second kappa shape index (κ2) is 7.84. The van der Waals surface area contributed by atoms with Gasteiger partial charge in [-0.3, -0.25) is 9.59 Å². The molecule has 6 nitrogen and oxygen atoms in total. The van der Waals surface area contributed by atoms with Crippen molar-refractivity contribution in [3.63, 3.8) is 0 Å². The molecule has 30 heavy (non-hydrogen) atoms. The zero-order valence-corrected chi connectivity index (χ0v) is 18.2. The maximum atomic E-state index is 13.5. The third-order valence-electron chi connectivity index (χ3n) is 5.80. The predicted octanol–water partition coefficient (Wildman–Crippen LogP) is 4.46. The second-order valence-electron chi connectivity index (χ2n) is 8.52. The maximum Gasteiger partial charge on any atom is 0.271 e. The van der Waals surface area contributed by atoms with Gasteiger partial charge in [0, 0.05) is 30.2 Å². The summed E-state index contributed by atoms with van der Waals surface area (Å²) in [5.41, 5.74) is 1.88. The Morgan fingerprint density at radius 2 is 2.00 bits per heavy atom. The fraction of sp³-hybridized carbons (Fsp3) is 0.391. The van der Waals surface area contributed by atoms with Crippen molar-refractivity contribution in [1.29, 1.82) is 0 Å². The molecule has 0 unspecified atom stereocenters. The van der Waals surface area contributed by atoms with Gasteiger partial charge in [-0.2, -0.15) is 0 Å². The van der Waals surface area contributed by atoms with E-state index in [9.17, 15) is 9.59 Å². The van der Waals surface area contributed by atoms with E-state index in [1.54, 1.807) is 29.4 Å². The number of carbonyl (C=O) groups is 2. The molecule has 2 amide bonds. The van der Waals surface area contributed by atoms with Gasteiger partial charge in [-0.15, -0.1) is 0 Å². The quantitative estimate of drug-likeness (QED) is 0.631. The number of amides is 2. The van der Waals surface area contributed by atoms with Crippen molar-refractivity contribution in [3.8, 4) is 0 Å². The molecule has 0 spiro atoms. The monoisotopic (exact) mass is 427 g/mol. The van der Waals surface area contributed by atoms with Gasteiger partial charge in [0.25, 0.3) is 5.91 Å². The van der Waals surface area contributed by atoms with Crippen molar-refractivity contribution in [2.75, 3.05) is 6.54 Å². The van der Waals surface area contributed by atoms with E-state index in [-0.39, 0.29) is 11.8 Å². The van der Waals surface area contributed by atoms with E-state index in [4.69, 9.17) is 16.0 Å². The molecule has 158 valence electrons. The molecule has 0 bridgehead atoms. The van der Waals surface area contributed by atoms with Gasteiger partial charge < -0.3 is 19.2 Å². The minimum absolute atomic E-state index is 0.151. The Bertz CT molecular complexity index is 1080. The summed E-state index contributed by atoms with van der Waals surface area (Å²) in [6.07, 6.45) is 2.48. The average Bonchev–Trinajstić information content (AvgIpc) is 3.28. The van der Waals surface area contributed by atoms with Gasteiger partial charge in [-0.05, 0) is 37.0 Å².